The number of benzene rings is 2. The predicted molar refractivity (Wildman–Crippen MR) is 157 cm³/mol. The van der Waals surface area contributed by atoms with E-state index in [0.717, 1.165) is 53.8 Å². The second kappa shape index (κ2) is 13.9. The molecule has 7 nitrogen and oxygen atoms in total. The van der Waals surface area contributed by atoms with Gasteiger partial charge in [-0.3, -0.25) is 9.59 Å². The number of carboxylic acids is 1. The van der Waals surface area contributed by atoms with Gasteiger partial charge in [0.25, 0.3) is 5.91 Å². The highest BCUT2D eigenvalue weighted by Gasteiger charge is 2.31. The molecule has 3 aromatic rings. The molecule has 0 unspecified atom stereocenters. The summed E-state index contributed by atoms with van der Waals surface area (Å²) in [6.07, 6.45) is 2.84. The van der Waals surface area contributed by atoms with E-state index in [1.165, 1.54) is 18.6 Å². The van der Waals surface area contributed by atoms with E-state index in [1.54, 1.807) is 12.1 Å². The molecular weight excluding hydrogens is 523 g/mol. The van der Waals surface area contributed by atoms with Crippen LogP contribution in [0.15, 0.2) is 54.6 Å². The van der Waals surface area contributed by atoms with E-state index >= 15 is 0 Å². The smallest absolute Gasteiger partial charge is 0.305 e. The molecule has 4 N–H and O–H groups in total. The Hall–Kier alpha value is -3.49. The lowest BCUT2D eigenvalue weighted by atomic mass is 9.92. The first-order valence-electron chi connectivity index (χ1n) is 14.6. The molecule has 1 amide bonds. The van der Waals surface area contributed by atoms with Gasteiger partial charge in [-0.05, 0) is 67.0 Å². The van der Waals surface area contributed by atoms with Crippen LogP contribution in [0.5, 0.6) is 0 Å². The molecule has 1 heterocycles. The molecule has 8 heteroatoms. The SMILES string of the molecule is CC(C)c1c(C(=O)NC2CCCCC2)c(-c2ccccc2)c(-c2ccc(F)cc2)n1CC[C@@H](O)C[C@@H](O)CC(=O)O. The van der Waals surface area contributed by atoms with Crippen molar-refractivity contribution < 1.29 is 29.3 Å². The highest BCUT2D eigenvalue weighted by molar-refractivity contribution is 6.06. The summed E-state index contributed by atoms with van der Waals surface area (Å²) in [6, 6.07) is 16.0. The number of hydrogen-bond donors (Lipinski definition) is 4. The predicted octanol–water partition coefficient (Wildman–Crippen LogP) is 6.12. The molecule has 1 aromatic heterocycles. The highest BCUT2D eigenvalue weighted by atomic mass is 19.1. The normalized spacial score (nSPS) is 15.6. The van der Waals surface area contributed by atoms with Crippen molar-refractivity contribution in [2.45, 2.75) is 95.9 Å². The van der Waals surface area contributed by atoms with Crippen molar-refractivity contribution in [2.24, 2.45) is 0 Å². The molecule has 0 spiro atoms. The fourth-order valence-corrected chi connectivity index (χ4v) is 5.99. The number of carbonyl (C=O) groups is 2. The van der Waals surface area contributed by atoms with E-state index in [-0.39, 0.29) is 36.5 Å². The van der Waals surface area contributed by atoms with Crippen LogP contribution in [-0.2, 0) is 11.3 Å². The van der Waals surface area contributed by atoms with Crippen LogP contribution >= 0.6 is 0 Å². The third-order valence-electron chi connectivity index (χ3n) is 7.84. The van der Waals surface area contributed by atoms with Crippen LogP contribution in [0, 0.1) is 5.82 Å². The highest BCUT2D eigenvalue weighted by Crippen LogP contribution is 2.42. The van der Waals surface area contributed by atoms with Gasteiger partial charge < -0.3 is 25.2 Å². The summed E-state index contributed by atoms with van der Waals surface area (Å²) >= 11 is 0. The molecule has 220 valence electrons. The molecule has 2 aromatic carbocycles. The van der Waals surface area contributed by atoms with Crippen molar-refractivity contribution in [2.75, 3.05) is 0 Å². The third-order valence-corrected chi connectivity index (χ3v) is 7.84. The maximum atomic E-state index is 14.1. The van der Waals surface area contributed by atoms with E-state index in [4.69, 9.17) is 5.11 Å². The number of aliphatic hydroxyl groups excluding tert-OH is 2. The average Bonchev–Trinajstić information content (AvgIpc) is 3.28. The quantitative estimate of drug-likeness (QED) is 0.212. The molecule has 1 saturated carbocycles. The Bertz CT molecular complexity index is 1310. The van der Waals surface area contributed by atoms with Gasteiger partial charge in [0.05, 0.1) is 29.9 Å². The molecule has 1 aliphatic rings. The van der Waals surface area contributed by atoms with Crippen LogP contribution in [0.25, 0.3) is 22.4 Å². The van der Waals surface area contributed by atoms with E-state index in [1.807, 2.05) is 48.7 Å². The number of carboxylic acid groups (broad SMARTS) is 1. The minimum Gasteiger partial charge on any atom is -0.481 e. The van der Waals surface area contributed by atoms with Crippen LogP contribution < -0.4 is 5.32 Å². The van der Waals surface area contributed by atoms with Crippen molar-refractivity contribution in [1.29, 1.82) is 0 Å². The number of aromatic nitrogens is 1. The van der Waals surface area contributed by atoms with Crippen molar-refractivity contribution >= 4 is 11.9 Å². The molecule has 1 fully saturated rings. The van der Waals surface area contributed by atoms with Gasteiger partial charge in [0.2, 0.25) is 0 Å². The Kier molecular flexibility index (Phi) is 10.3. The number of hydrogen-bond acceptors (Lipinski definition) is 4. The molecule has 0 saturated heterocycles. The van der Waals surface area contributed by atoms with Gasteiger partial charge in [-0.1, -0.05) is 63.4 Å². The second-order valence-electron chi connectivity index (χ2n) is 11.4. The lowest BCUT2D eigenvalue weighted by Crippen LogP contribution is -2.36. The monoisotopic (exact) mass is 564 g/mol. The van der Waals surface area contributed by atoms with Crippen molar-refractivity contribution in [3.05, 3.63) is 71.7 Å². The second-order valence-corrected chi connectivity index (χ2v) is 11.4. The molecule has 0 aliphatic heterocycles. The fraction of sp³-hybridized carbons (Fsp3) is 0.455. The number of aliphatic hydroxyl groups is 2. The number of nitrogens with one attached hydrogen (secondary N) is 1. The van der Waals surface area contributed by atoms with Crippen LogP contribution in [0.3, 0.4) is 0 Å². The van der Waals surface area contributed by atoms with Gasteiger partial charge >= 0.3 is 5.97 Å². The number of aliphatic carboxylic acids is 1. The summed E-state index contributed by atoms with van der Waals surface area (Å²) in [5.74, 6) is -1.69. The van der Waals surface area contributed by atoms with Gasteiger partial charge in [0, 0.05) is 23.8 Å². The van der Waals surface area contributed by atoms with Crippen molar-refractivity contribution in [3.8, 4) is 22.4 Å². The van der Waals surface area contributed by atoms with E-state index < -0.39 is 24.6 Å². The van der Waals surface area contributed by atoms with Crippen LogP contribution in [-0.4, -0.2) is 50.0 Å². The van der Waals surface area contributed by atoms with Crippen LogP contribution in [0.4, 0.5) is 4.39 Å². The maximum Gasteiger partial charge on any atom is 0.305 e. The third kappa shape index (κ3) is 7.63. The van der Waals surface area contributed by atoms with Gasteiger partial charge in [-0.2, -0.15) is 0 Å². The number of nitrogens with zero attached hydrogens (tertiary/aromatic N) is 1. The molecule has 1 aliphatic carbocycles. The van der Waals surface area contributed by atoms with E-state index in [0.29, 0.717) is 12.1 Å². The molecule has 0 bridgehead atoms. The summed E-state index contributed by atoms with van der Waals surface area (Å²) in [5.41, 5.74) is 4.51. The van der Waals surface area contributed by atoms with Crippen LogP contribution in [0.1, 0.15) is 87.2 Å². The molecular formula is C33H41FN2O5. The molecule has 4 rings (SSSR count). The summed E-state index contributed by atoms with van der Waals surface area (Å²) < 4.78 is 16.1. The number of halogens is 1. The Labute approximate surface area is 241 Å². The van der Waals surface area contributed by atoms with Crippen molar-refractivity contribution in [1.82, 2.24) is 9.88 Å². The first-order valence-corrected chi connectivity index (χ1v) is 14.6. The number of rotatable bonds is 12. The standard InChI is InChI=1S/C33H41FN2O5/c1-21(2)31-30(33(41)35-25-11-7-4-8-12-25)29(22-9-5-3-6-10-22)32(23-13-15-24(34)16-14-23)36(31)18-17-26(37)19-27(38)20-28(39)40/h3,5-6,9-10,13-16,21,25-27,37-38H,4,7-8,11-12,17-20H2,1-2H3,(H,35,41)(H,39,40)/t26-,27-/m1/s1. The topological polar surface area (TPSA) is 112 Å². The first-order chi connectivity index (χ1) is 19.7. The Morgan fingerprint density at radius 1 is 0.951 bits per heavy atom. The zero-order valence-corrected chi connectivity index (χ0v) is 23.9. The summed E-state index contributed by atoms with van der Waals surface area (Å²) in [6.45, 7) is 4.37. The average molecular weight is 565 g/mol. The molecule has 41 heavy (non-hydrogen) atoms. The Morgan fingerprint density at radius 2 is 1.61 bits per heavy atom. The summed E-state index contributed by atoms with van der Waals surface area (Å²) in [7, 11) is 0. The maximum absolute atomic E-state index is 14.1. The fourth-order valence-electron chi connectivity index (χ4n) is 5.99. The zero-order valence-electron chi connectivity index (χ0n) is 23.9. The minimum absolute atomic E-state index is 0.0616. The molecule has 0 radical (unpaired) electrons. The largest absolute Gasteiger partial charge is 0.481 e. The summed E-state index contributed by atoms with van der Waals surface area (Å²) in [4.78, 5) is 25.1. The van der Waals surface area contributed by atoms with Gasteiger partial charge in [-0.15, -0.1) is 0 Å². The summed E-state index contributed by atoms with van der Waals surface area (Å²) in [5, 5.41) is 33.1. The van der Waals surface area contributed by atoms with Gasteiger partial charge in [0.15, 0.2) is 0 Å². The van der Waals surface area contributed by atoms with Crippen LogP contribution in [0.2, 0.25) is 0 Å². The minimum atomic E-state index is -1.16. The number of carbonyl (C=O) groups excluding carboxylic acids is 1. The zero-order chi connectivity index (χ0) is 29.5. The number of amides is 1. The lowest BCUT2D eigenvalue weighted by molar-refractivity contribution is -0.139. The first kappa shape index (κ1) is 30.5. The Morgan fingerprint density at radius 3 is 2.22 bits per heavy atom. The van der Waals surface area contributed by atoms with Gasteiger partial charge in [-0.25, -0.2) is 4.39 Å². The lowest BCUT2D eigenvalue weighted by Gasteiger charge is -2.24. The van der Waals surface area contributed by atoms with E-state index in [2.05, 4.69) is 5.32 Å². The molecule has 2 atom stereocenters. The Balaban J connectivity index is 1.85. The van der Waals surface area contributed by atoms with E-state index in [9.17, 15) is 24.2 Å². The van der Waals surface area contributed by atoms with Gasteiger partial charge in [0.1, 0.15) is 5.82 Å². The van der Waals surface area contributed by atoms with Crippen molar-refractivity contribution in [3.63, 3.8) is 0 Å².